The van der Waals surface area contributed by atoms with E-state index in [2.05, 4.69) is 18.7 Å². The average Bonchev–Trinajstić information content (AvgIpc) is 2.81. The molecule has 1 heterocycles. The van der Waals surface area contributed by atoms with E-state index in [4.69, 9.17) is 0 Å². The lowest BCUT2D eigenvalue weighted by Gasteiger charge is -2.35. The first-order valence-electron chi connectivity index (χ1n) is 8.13. The van der Waals surface area contributed by atoms with Crippen LogP contribution in [0.1, 0.15) is 58.8 Å². The van der Waals surface area contributed by atoms with Crippen molar-refractivity contribution in [3.05, 3.63) is 0 Å². The van der Waals surface area contributed by atoms with Crippen LogP contribution in [-0.4, -0.2) is 35.7 Å². The van der Waals surface area contributed by atoms with Crippen LogP contribution in [0.15, 0.2) is 0 Å². The van der Waals surface area contributed by atoms with Gasteiger partial charge in [-0.2, -0.15) is 0 Å². The van der Waals surface area contributed by atoms with Crippen LogP contribution >= 0.6 is 0 Å². The summed E-state index contributed by atoms with van der Waals surface area (Å²) in [5.41, 5.74) is 0. The van der Waals surface area contributed by atoms with E-state index < -0.39 is 0 Å². The largest absolute Gasteiger partial charge is 0.393 e. The van der Waals surface area contributed by atoms with E-state index in [1.807, 2.05) is 0 Å². The Hall–Kier alpha value is -0.0800. The summed E-state index contributed by atoms with van der Waals surface area (Å²) in [5, 5.41) is 10.2. The summed E-state index contributed by atoms with van der Waals surface area (Å²) < 4.78 is 0. The second-order valence-electron chi connectivity index (χ2n) is 6.62. The lowest BCUT2D eigenvalue weighted by Crippen LogP contribution is -2.38. The van der Waals surface area contributed by atoms with Gasteiger partial charge in [0.05, 0.1) is 6.10 Å². The molecule has 18 heavy (non-hydrogen) atoms. The summed E-state index contributed by atoms with van der Waals surface area (Å²) in [7, 11) is 0. The molecule has 0 radical (unpaired) electrons. The molecule has 4 unspecified atom stereocenters. The first-order valence-corrected chi connectivity index (χ1v) is 8.13. The number of aliphatic hydroxyl groups is 1. The van der Waals surface area contributed by atoms with Gasteiger partial charge in [-0.05, 0) is 50.0 Å². The first-order chi connectivity index (χ1) is 8.72. The van der Waals surface area contributed by atoms with E-state index in [-0.39, 0.29) is 6.10 Å². The standard InChI is InChI=1S/C16H31NO/c1-3-5-14-6-7-16(18)15(10-14)12-17-9-8-13(4-2)11-17/h13-16,18H,3-12H2,1-2H3. The Morgan fingerprint density at radius 3 is 2.61 bits per heavy atom. The van der Waals surface area contributed by atoms with Gasteiger partial charge in [-0.1, -0.05) is 33.1 Å². The van der Waals surface area contributed by atoms with Gasteiger partial charge in [0.1, 0.15) is 0 Å². The van der Waals surface area contributed by atoms with Gasteiger partial charge in [-0.3, -0.25) is 0 Å². The molecule has 2 rings (SSSR count). The molecule has 1 N–H and O–H groups in total. The summed E-state index contributed by atoms with van der Waals surface area (Å²) in [6.07, 6.45) is 8.89. The Bertz CT molecular complexity index is 243. The maximum atomic E-state index is 10.2. The number of hydrogen-bond acceptors (Lipinski definition) is 2. The molecule has 0 aromatic rings. The molecular weight excluding hydrogens is 222 g/mol. The maximum absolute atomic E-state index is 10.2. The van der Waals surface area contributed by atoms with Gasteiger partial charge in [0.25, 0.3) is 0 Å². The van der Waals surface area contributed by atoms with Gasteiger partial charge < -0.3 is 10.0 Å². The van der Waals surface area contributed by atoms with Crippen molar-refractivity contribution < 1.29 is 5.11 Å². The number of aliphatic hydroxyl groups excluding tert-OH is 1. The molecule has 0 amide bonds. The molecule has 0 spiro atoms. The monoisotopic (exact) mass is 253 g/mol. The Kier molecular flexibility index (Phi) is 5.50. The van der Waals surface area contributed by atoms with Crippen molar-refractivity contribution in [1.29, 1.82) is 0 Å². The molecule has 2 nitrogen and oxygen atoms in total. The molecule has 0 aromatic heterocycles. The van der Waals surface area contributed by atoms with E-state index in [0.717, 1.165) is 24.8 Å². The van der Waals surface area contributed by atoms with Crippen LogP contribution in [0.3, 0.4) is 0 Å². The minimum atomic E-state index is -0.0289. The van der Waals surface area contributed by atoms with Crippen LogP contribution in [0.4, 0.5) is 0 Å². The van der Waals surface area contributed by atoms with Gasteiger partial charge in [-0.15, -0.1) is 0 Å². The molecule has 0 aromatic carbocycles. The second kappa shape index (κ2) is 6.91. The second-order valence-corrected chi connectivity index (χ2v) is 6.62. The third kappa shape index (κ3) is 3.71. The van der Waals surface area contributed by atoms with E-state index in [0.29, 0.717) is 5.92 Å². The highest BCUT2D eigenvalue weighted by atomic mass is 16.3. The van der Waals surface area contributed by atoms with E-state index in [1.165, 1.54) is 51.6 Å². The third-order valence-electron chi connectivity index (χ3n) is 5.19. The van der Waals surface area contributed by atoms with Crippen LogP contribution in [0.2, 0.25) is 0 Å². The van der Waals surface area contributed by atoms with Gasteiger partial charge in [0.15, 0.2) is 0 Å². The van der Waals surface area contributed by atoms with Crippen molar-refractivity contribution in [2.24, 2.45) is 17.8 Å². The van der Waals surface area contributed by atoms with Crippen molar-refractivity contribution in [1.82, 2.24) is 4.90 Å². The van der Waals surface area contributed by atoms with E-state index >= 15 is 0 Å². The number of hydrogen-bond donors (Lipinski definition) is 1. The highest BCUT2D eigenvalue weighted by molar-refractivity contribution is 4.84. The highest BCUT2D eigenvalue weighted by Crippen LogP contribution is 2.33. The van der Waals surface area contributed by atoms with Crippen LogP contribution in [0, 0.1) is 17.8 Å². The zero-order valence-corrected chi connectivity index (χ0v) is 12.3. The normalized spacial score (nSPS) is 38.2. The third-order valence-corrected chi connectivity index (χ3v) is 5.19. The molecule has 2 aliphatic rings. The molecule has 1 aliphatic carbocycles. The smallest absolute Gasteiger partial charge is 0.0580 e. The van der Waals surface area contributed by atoms with Crippen molar-refractivity contribution in [2.45, 2.75) is 64.9 Å². The molecule has 1 saturated heterocycles. The van der Waals surface area contributed by atoms with Crippen molar-refractivity contribution in [3.8, 4) is 0 Å². The van der Waals surface area contributed by atoms with Crippen LogP contribution in [0.5, 0.6) is 0 Å². The lowest BCUT2D eigenvalue weighted by atomic mass is 9.77. The maximum Gasteiger partial charge on any atom is 0.0580 e. The summed E-state index contributed by atoms with van der Waals surface area (Å²) in [5.74, 6) is 2.34. The minimum Gasteiger partial charge on any atom is -0.393 e. The Morgan fingerprint density at radius 2 is 1.94 bits per heavy atom. The van der Waals surface area contributed by atoms with Crippen LogP contribution < -0.4 is 0 Å². The van der Waals surface area contributed by atoms with Crippen LogP contribution in [-0.2, 0) is 0 Å². The highest BCUT2D eigenvalue weighted by Gasteiger charge is 2.31. The van der Waals surface area contributed by atoms with Gasteiger partial charge in [0.2, 0.25) is 0 Å². The Labute approximate surface area is 113 Å². The molecule has 1 aliphatic heterocycles. The number of rotatable bonds is 5. The summed E-state index contributed by atoms with van der Waals surface area (Å²) >= 11 is 0. The molecule has 4 atom stereocenters. The molecule has 0 bridgehead atoms. The average molecular weight is 253 g/mol. The Morgan fingerprint density at radius 1 is 1.11 bits per heavy atom. The lowest BCUT2D eigenvalue weighted by molar-refractivity contribution is 0.0290. The topological polar surface area (TPSA) is 23.5 Å². The van der Waals surface area contributed by atoms with Crippen LogP contribution in [0.25, 0.3) is 0 Å². The minimum absolute atomic E-state index is 0.0289. The van der Waals surface area contributed by atoms with Crippen molar-refractivity contribution >= 4 is 0 Å². The number of nitrogens with zero attached hydrogens (tertiary/aromatic N) is 1. The molecule has 1 saturated carbocycles. The molecule has 106 valence electrons. The molecular formula is C16H31NO. The zero-order valence-electron chi connectivity index (χ0n) is 12.3. The molecule has 2 fully saturated rings. The Balaban J connectivity index is 1.79. The molecule has 2 heteroatoms. The van der Waals surface area contributed by atoms with Crippen molar-refractivity contribution in [2.75, 3.05) is 19.6 Å². The van der Waals surface area contributed by atoms with Gasteiger partial charge in [-0.25, -0.2) is 0 Å². The summed E-state index contributed by atoms with van der Waals surface area (Å²) in [6, 6.07) is 0. The first kappa shape index (κ1) is 14.3. The fourth-order valence-corrected chi connectivity index (χ4v) is 3.96. The SMILES string of the molecule is CCCC1CCC(O)C(CN2CCC(CC)C2)C1. The van der Waals surface area contributed by atoms with Gasteiger partial charge in [0, 0.05) is 13.1 Å². The fraction of sp³-hybridized carbons (Fsp3) is 1.00. The quantitative estimate of drug-likeness (QED) is 0.812. The summed E-state index contributed by atoms with van der Waals surface area (Å²) in [6.45, 7) is 8.28. The predicted octanol–water partition coefficient (Wildman–Crippen LogP) is 3.30. The fourth-order valence-electron chi connectivity index (χ4n) is 3.96. The summed E-state index contributed by atoms with van der Waals surface area (Å²) in [4.78, 5) is 2.61. The predicted molar refractivity (Wildman–Crippen MR) is 76.6 cm³/mol. The van der Waals surface area contributed by atoms with E-state index in [9.17, 15) is 5.11 Å². The number of likely N-dealkylation sites (tertiary alicyclic amines) is 1. The van der Waals surface area contributed by atoms with E-state index in [1.54, 1.807) is 0 Å². The van der Waals surface area contributed by atoms with Crippen molar-refractivity contribution in [3.63, 3.8) is 0 Å². The van der Waals surface area contributed by atoms with Gasteiger partial charge >= 0.3 is 0 Å². The zero-order chi connectivity index (χ0) is 13.0.